The minimum absolute atomic E-state index is 0.367. The number of nitrogens with one attached hydrogen (secondary N) is 1. The van der Waals surface area contributed by atoms with Crippen molar-refractivity contribution in [3.05, 3.63) is 0 Å². The Hall–Kier alpha value is -0.0800. The highest BCUT2D eigenvalue weighted by Crippen LogP contribution is 2.27. The van der Waals surface area contributed by atoms with Gasteiger partial charge in [0.15, 0.2) is 0 Å². The summed E-state index contributed by atoms with van der Waals surface area (Å²) in [6.45, 7) is 8.45. The zero-order valence-electron chi connectivity index (χ0n) is 9.68. The third-order valence-corrected chi connectivity index (χ3v) is 4.10. The molecule has 2 nitrogen and oxygen atoms in total. The van der Waals surface area contributed by atoms with Crippen molar-refractivity contribution in [2.45, 2.75) is 57.5 Å². The predicted molar refractivity (Wildman–Crippen MR) is 60.5 cm³/mol. The van der Waals surface area contributed by atoms with E-state index in [0.29, 0.717) is 5.54 Å². The van der Waals surface area contributed by atoms with Gasteiger partial charge in [0.25, 0.3) is 0 Å². The van der Waals surface area contributed by atoms with Gasteiger partial charge in [0, 0.05) is 18.1 Å². The van der Waals surface area contributed by atoms with E-state index in [-0.39, 0.29) is 0 Å². The van der Waals surface area contributed by atoms with Gasteiger partial charge in [-0.1, -0.05) is 13.3 Å². The topological polar surface area (TPSA) is 15.3 Å². The van der Waals surface area contributed by atoms with Crippen LogP contribution in [-0.4, -0.2) is 36.1 Å². The molecule has 0 radical (unpaired) electrons. The molecule has 1 N–H and O–H groups in total. The summed E-state index contributed by atoms with van der Waals surface area (Å²) in [5, 5.41) is 3.70. The molecule has 82 valence electrons. The Morgan fingerprint density at radius 3 is 2.71 bits per heavy atom. The van der Waals surface area contributed by atoms with Crippen molar-refractivity contribution in [2.24, 2.45) is 0 Å². The third-order valence-electron chi connectivity index (χ3n) is 4.10. The van der Waals surface area contributed by atoms with Crippen molar-refractivity contribution in [1.29, 1.82) is 0 Å². The van der Waals surface area contributed by atoms with Gasteiger partial charge in [-0.25, -0.2) is 0 Å². The van der Waals surface area contributed by atoms with Crippen molar-refractivity contribution in [3.63, 3.8) is 0 Å². The molecule has 0 spiro atoms. The fourth-order valence-electron chi connectivity index (χ4n) is 2.56. The lowest BCUT2D eigenvalue weighted by atomic mass is 9.89. The van der Waals surface area contributed by atoms with Crippen LogP contribution in [0.15, 0.2) is 0 Å². The molecule has 0 aromatic heterocycles. The first-order chi connectivity index (χ1) is 6.73. The SMILES string of the molecule is CCC1(C)CN(C2CCC2)CCCN1. The van der Waals surface area contributed by atoms with Crippen molar-refractivity contribution >= 4 is 0 Å². The quantitative estimate of drug-likeness (QED) is 0.727. The molecule has 0 bridgehead atoms. The van der Waals surface area contributed by atoms with E-state index in [1.54, 1.807) is 0 Å². The minimum atomic E-state index is 0.367. The van der Waals surface area contributed by atoms with Crippen LogP contribution < -0.4 is 5.32 Å². The maximum absolute atomic E-state index is 3.70. The minimum Gasteiger partial charge on any atom is -0.310 e. The van der Waals surface area contributed by atoms with E-state index in [1.165, 1.54) is 51.7 Å². The molecule has 2 fully saturated rings. The number of hydrogen-bond donors (Lipinski definition) is 1. The molecular weight excluding hydrogens is 172 g/mol. The summed E-state index contributed by atoms with van der Waals surface area (Å²) in [7, 11) is 0. The van der Waals surface area contributed by atoms with E-state index in [2.05, 4.69) is 24.1 Å². The summed E-state index contributed by atoms with van der Waals surface area (Å²) in [5.74, 6) is 0. The molecule has 1 saturated heterocycles. The maximum Gasteiger partial charge on any atom is 0.0277 e. The Labute approximate surface area is 88.1 Å². The van der Waals surface area contributed by atoms with E-state index in [9.17, 15) is 0 Å². The highest BCUT2D eigenvalue weighted by atomic mass is 15.2. The summed E-state index contributed by atoms with van der Waals surface area (Å²) in [5.41, 5.74) is 0.367. The van der Waals surface area contributed by atoms with Crippen LogP contribution in [0.1, 0.15) is 46.0 Å². The lowest BCUT2D eigenvalue weighted by Gasteiger charge is -2.41. The fraction of sp³-hybridized carbons (Fsp3) is 1.00. The molecule has 1 saturated carbocycles. The molecule has 1 atom stereocenters. The second kappa shape index (κ2) is 4.19. The molecule has 14 heavy (non-hydrogen) atoms. The Bertz CT molecular complexity index is 189. The zero-order valence-corrected chi connectivity index (χ0v) is 9.68. The lowest BCUT2D eigenvalue weighted by molar-refractivity contribution is 0.105. The molecule has 2 heteroatoms. The van der Waals surface area contributed by atoms with Gasteiger partial charge >= 0.3 is 0 Å². The van der Waals surface area contributed by atoms with Gasteiger partial charge in [-0.15, -0.1) is 0 Å². The third kappa shape index (κ3) is 2.12. The van der Waals surface area contributed by atoms with E-state index < -0.39 is 0 Å². The molecule has 0 aromatic rings. The standard InChI is InChI=1S/C12H24N2/c1-3-12(2)10-14(9-5-8-13-12)11-6-4-7-11/h11,13H,3-10H2,1-2H3. The Morgan fingerprint density at radius 2 is 2.14 bits per heavy atom. The summed E-state index contributed by atoms with van der Waals surface area (Å²) in [6, 6.07) is 0.917. The average molecular weight is 196 g/mol. The molecule has 0 aromatic carbocycles. The van der Waals surface area contributed by atoms with Crippen molar-refractivity contribution in [3.8, 4) is 0 Å². The van der Waals surface area contributed by atoms with E-state index in [4.69, 9.17) is 0 Å². The summed E-state index contributed by atoms with van der Waals surface area (Å²) in [4.78, 5) is 2.73. The van der Waals surface area contributed by atoms with Crippen LogP contribution >= 0.6 is 0 Å². The van der Waals surface area contributed by atoms with Crippen LogP contribution in [-0.2, 0) is 0 Å². The summed E-state index contributed by atoms with van der Waals surface area (Å²) >= 11 is 0. The molecule has 1 aliphatic carbocycles. The first-order valence-electron chi connectivity index (χ1n) is 6.22. The smallest absolute Gasteiger partial charge is 0.0277 e. The molecule has 2 aliphatic rings. The molecule has 1 unspecified atom stereocenters. The number of hydrogen-bond acceptors (Lipinski definition) is 2. The van der Waals surface area contributed by atoms with Gasteiger partial charge < -0.3 is 5.32 Å². The Kier molecular flexibility index (Phi) is 3.13. The first-order valence-corrected chi connectivity index (χ1v) is 6.22. The largest absolute Gasteiger partial charge is 0.310 e. The molecule has 1 heterocycles. The monoisotopic (exact) mass is 196 g/mol. The summed E-state index contributed by atoms with van der Waals surface area (Å²) in [6.07, 6.45) is 6.92. The zero-order chi connectivity index (χ0) is 10.0. The van der Waals surface area contributed by atoms with Crippen LogP contribution in [0.5, 0.6) is 0 Å². The number of rotatable bonds is 2. The predicted octanol–water partition coefficient (Wildman–Crippen LogP) is 2.00. The van der Waals surface area contributed by atoms with Crippen molar-refractivity contribution < 1.29 is 0 Å². The fourth-order valence-corrected chi connectivity index (χ4v) is 2.56. The van der Waals surface area contributed by atoms with Gasteiger partial charge in [0.1, 0.15) is 0 Å². The van der Waals surface area contributed by atoms with Crippen LogP contribution in [0.2, 0.25) is 0 Å². The van der Waals surface area contributed by atoms with Crippen molar-refractivity contribution in [2.75, 3.05) is 19.6 Å². The highest BCUT2D eigenvalue weighted by Gasteiger charge is 2.32. The van der Waals surface area contributed by atoms with Gasteiger partial charge in [0.2, 0.25) is 0 Å². The summed E-state index contributed by atoms with van der Waals surface area (Å²) < 4.78 is 0. The van der Waals surface area contributed by atoms with E-state index in [1.807, 2.05) is 0 Å². The van der Waals surface area contributed by atoms with Crippen LogP contribution in [0.4, 0.5) is 0 Å². The Morgan fingerprint density at radius 1 is 1.36 bits per heavy atom. The second-order valence-corrected chi connectivity index (χ2v) is 5.25. The van der Waals surface area contributed by atoms with Crippen LogP contribution in [0, 0.1) is 0 Å². The average Bonchev–Trinajstić information content (AvgIpc) is 2.26. The first kappa shape index (κ1) is 10.4. The van der Waals surface area contributed by atoms with Gasteiger partial charge in [-0.3, -0.25) is 4.90 Å². The highest BCUT2D eigenvalue weighted by molar-refractivity contribution is 4.92. The molecule has 0 amide bonds. The van der Waals surface area contributed by atoms with E-state index >= 15 is 0 Å². The Balaban J connectivity index is 1.96. The molecular formula is C12H24N2. The van der Waals surface area contributed by atoms with Gasteiger partial charge in [-0.2, -0.15) is 0 Å². The normalized spacial score (nSPS) is 36.4. The van der Waals surface area contributed by atoms with Crippen LogP contribution in [0.25, 0.3) is 0 Å². The number of nitrogens with zero attached hydrogens (tertiary/aromatic N) is 1. The van der Waals surface area contributed by atoms with Crippen molar-refractivity contribution in [1.82, 2.24) is 10.2 Å². The van der Waals surface area contributed by atoms with Gasteiger partial charge in [0.05, 0.1) is 0 Å². The van der Waals surface area contributed by atoms with Crippen LogP contribution in [0.3, 0.4) is 0 Å². The molecule has 1 aliphatic heterocycles. The maximum atomic E-state index is 3.70. The van der Waals surface area contributed by atoms with E-state index in [0.717, 1.165) is 6.04 Å². The lowest BCUT2D eigenvalue weighted by Crippen LogP contribution is -2.52. The van der Waals surface area contributed by atoms with Gasteiger partial charge in [-0.05, 0) is 45.7 Å². The molecule has 2 rings (SSSR count). The second-order valence-electron chi connectivity index (χ2n) is 5.25.